The van der Waals surface area contributed by atoms with Gasteiger partial charge in [-0.15, -0.1) is 4.59 Å². The Morgan fingerprint density at radius 1 is 0.974 bits per heavy atom. The maximum Gasteiger partial charge on any atom is 0.225 e. The van der Waals surface area contributed by atoms with E-state index in [1.54, 1.807) is 0 Å². The highest BCUT2D eigenvalue weighted by Gasteiger charge is 2.45. The molecule has 204 valence electrons. The Kier molecular flexibility index (Phi) is 8.19. The summed E-state index contributed by atoms with van der Waals surface area (Å²) in [7, 11) is 0. The van der Waals surface area contributed by atoms with Crippen LogP contribution in [0.2, 0.25) is 0 Å². The molecular weight excluding hydrogens is 484 g/mol. The zero-order valence-electron chi connectivity index (χ0n) is 22.9. The van der Waals surface area contributed by atoms with Crippen LogP contribution in [0.15, 0.2) is 88.9 Å². The third-order valence-corrected chi connectivity index (χ3v) is 8.54. The Morgan fingerprint density at radius 3 is 2.67 bits per heavy atom. The van der Waals surface area contributed by atoms with E-state index in [1.807, 2.05) is 31.0 Å². The summed E-state index contributed by atoms with van der Waals surface area (Å²) in [5.74, 6) is 1.62. The molecule has 1 unspecified atom stereocenters. The van der Waals surface area contributed by atoms with Crippen molar-refractivity contribution in [2.75, 3.05) is 37.7 Å². The molecule has 1 atom stereocenters. The van der Waals surface area contributed by atoms with Crippen molar-refractivity contribution in [2.24, 2.45) is 15.9 Å². The van der Waals surface area contributed by atoms with Crippen LogP contribution in [0.25, 0.3) is 0 Å². The molecule has 2 aromatic rings. The fourth-order valence-electron chi connectivity index (χ4n) is 6.40. The van der Waals surface area contributed by atoms with Gasteiger partial charge in [0.2, 0.25) is 12.0 Å². The summed E-state index contributed by atoms with van der Waals surface area (Å²) in [5.41, 5.74) is 3.38. The molecule has 0 aromatic heterocycles. The van der Waals surface area contributed by atoms with Gasteiger partial charge in [-0.25, -0.2) is 10.0 Å². The van der Waals surface area contributed by atoms with Crippen LogP contribution in [0.5, 0.6) is 5.75 Å². The Bertz CT molecular complexity index is 1210. The molecule has 0 bridgehead atoms. The maximum absolute atomic E-state index is 6.24. The van der Waals surface area contributed by atoms with Gasteiger partial charge in [0, 0.05) is 19.2 Å². The molecule has 1 aliphatic carbocycles. The number of benzene rings is 2. The first-order valence-electron chi connectivity index (χ1n) is 14.6. The van der Waals surface area contributed by atoms with Crippen molar-refractivity contribution in [3.05, 3.63) is 84.5 Å². The predicted molar refractivity (Wildman–Crippen MR) is 158 cm³/mol. The first kappa shape index (κ1) is 26.0. The summed E-state index contributed by atoms with van der Waals surface area (Å²) in [4.78, 5) is 11.6. The van der Waals surface area contributed by atoms with Crippen molar-refractivity contribution in [3.8, 4) is 5.75 Å². The molecule has 3 aliphatic heterocycles. The van der Waals surface area contributed by atoms with Gasteiger partial charge in [0.25, 0.3) is 0 Å². The summed E-state index contributed by atoms with van der Waals surface area (Å²) in [6, 6.07) is 19.3. The number of nitrogens with one attached hydrogen (secondary N) is 1. The molecule has 0 spiro atoms. The summed E-state index contributed by atoms with van der Waals surface area (Å²) >= 11 is 0. The van der Waals surface area contributed by atoms with E-state index < -0.39 is 0 Å². The van der Waals surface area contributed by atoms with E-state index in [2.05, 4.69) is 79.9 Å². The van der Waals surface area contributed by atoms with E-state index in [-0.39, 0.29) is 0 Å². The third-order valence-electron chi connectivity index (χ3n) is 8.54. The van der Waals surface area contributed by atoms with Gasteiger partial charge in [-0.1, -0.05) is 36.4 Å². The largest absolute Gasteiger partial charge is 0.489 e. The Labute approximate surface area is 232 Å². The number of likely N-dealkylation sites (tertiary alicyclic amines) is 1. The van der Waals surface area contributed by atoms with Gasteiger partial charge < -0.3 is 15.0 Å². The van der Waals surface area contributed by atoms with Gasteiger partial charge in [-0.2, -0.15) is 0 Å². The minimum atomic E-state index is 0.388. The van der Waals surface area contributed by atoms with Gasteiger partial charge in [0.15, 0.2) is 6.20 Å². The van der Waals surface area contributed by atoms with Crippen molar-refractivity contribution < 1.29 is 9.33 Å². The number of anilines is 1. The lowest BCUT2D eigenvalue weighted by Crippen LogP contribution is -2.60. The average molecular weight is 526 g/mol. The lowest BCUT2D eigenvalue weighted by molar-refractivity contribution is -0.746. The molecule has 7 nitrogen and oxygen atoms in total. The summed E-state index contributed by atoms with van der Waals surface area (Å²) in [6.07, 6.45) is 17.4. The van der Waals surface area contributed by atoms with Crippen molar-refractivity contribution in [3.63, 3.8) is 0 Å². The van der Waals surface area contributed by atoms with Crippen molar-refractivity contribution in [1.29, 1.82) is 0 Å². The lowest BCUT2D eigenvalue weighted by Gasteiger charge is -2.45. The Hall–Kier alpha value is -3.26. The molecule has 39 heavy (non-hydrogen) atoms. The minimum Gasteiger partial charge on any atom is -0.489 e. The summed E-state index contributed by atoms with van der Waals surface area (Å²) < 4.78 is 6.69. The fourth-order valence-corrected chi connectivity index (χ4v) is 6.40. The van der Waals surface area contributed by atoms with E-state index in [1.165, 1.54) is 50.9 Å². The van der Waals surface area contributed by atoms with Crippen molar-refractivity contribution >= 4 is 18.2 Å². The van der Waals surface area contributed by atoms with Gasteiger partial charge in [-0.05, 0) is 81.8 Å². The maximum atomic E-state index is 6.24. The molecule has 0 radical (unpaired) electrons. The SMILES string of the molecule is C1=C[N+]2(N(c3cccc(OCc4ccccc4)c3)C3CCC(CNCCN4CCCC4)CC3)C=NC=C2C=N1. The first-order chi connectivity index (χ1) is 19.3. The second kappa shape index (κ2) is 12.3. The number of allylic oxidation sites excluding steroid dienone is 1. The number of rotatable bonds is 11. The number of nitrogens with zero attached hydrogens (tertiary/aromatic N) is 5. The van der Waals surface area contributed by atoms with Crippen LogP contribution in [0.3, 0.4) is 0 Å². The summed E-state index contributed by atoms with van der Waals surface area (Å²) in [6.45, 7) is 6.53. The molecule has 1 N–H and O–H groups in total. The zero-order chi connectivity index (χ0) is 26.3. The highest BCUT2D eigenvalue weighted by Crippen LogP contribution is 2.39. The zero-order valence-corrected chi connectivity index (χ0v) is 22.9. The lowest BCUT2D eigenvalue weighted by atomic mass is 9.85. The molecule has 7 heteroatoms. The van der Waals surface area contributed by atoms with Crippen LogP contribution < -0.4 is 15.1 Å². The second-order valence-electron chi connectivity index (χ2n) is 11.2. The number of fused-ring (bicyclic) bond motifs is 1. The predicted octanol–water partition coefficient (Wildman–Crippen LogP) is 5.49. The smallest absolute Gasteiger partial charge is 0.225 e. The van der Waals surface area contributed by atoms with Gasteiger partial charge in [-0.3, -0.25) is 4.99 Å². The van der Waals surface area contributed by atoms with Crippen molar-refractivity contribution in [2.45, 2.75) is 51.2 Å². The quantitative estimate of drug-likeness (QED) is 0.312. The topological polar surface area (TPSA) is 52.5 Å². The van der Waals surface area contributed by atoms with Crippen LogP contribution in [-0.2, 0) is 6.61 Å². The monoisotopic (exact) mass is 525 g/mol. The molecule has 0 amide bonds. The first-order valence-corrected chi connectivity index (χ1v) is 14.6. The molecule has 1 saturated heterocycles. The number of quaternary nitrogens is 1. The highest BCUT2D eigenvalue weighted by atomic mass is 16.5. The van der Waals surface area contributed by atoms with Crippen LogP contribution in [-0.4, -0.2) is 60.8 Å². The van der Waals surface area contributed by atoms with Gasteiger partial charge in [0.05, 0.1) is 30.3 Å². The Balaban J connectivity index is 1.15. The minimum absolute atomic E-state index is 0.388. The van der Waals surface area contributed by atoms with E-state index in [4.69, 9.17) is 4.74 Å². The van der Waals surface area contributed by atoms with Crippen molar-refractivity contribution in [1.82, 2.24) is 10.2 Å². The fraction of sp³-hybridized carbons (Fsp3) is 0.438. The number of ether oxygens (including phenoxy) is 1. The van der Waals surface area contributed by atoms with E-state index >= 15 is 0 Å². The Morgan fingerprint density at radius 2 is 1.82 bits per heavy atom. The molecular formula is C32H41N6O+. The molecule has 3 heterocycles. The normalized spacial score (nSPS) is 26.0. The number of hydrogen-bond donors (Lipinski definition) is 1. The van der Waals surface area contributed by atoms with Crippen LogP contribution >= 0.6 is 0 Å². The summed E-state index contributed by atoms with van der Waals surface area (Å²) in [5, 5.41) is 6.28. The molecule has 2 aromatic carbocycles. The van der Waals surface area contributed by atoms with E-state index in [0.29, 0.717) is 17.2 Å². The molecule has 6 rings (SSSR count). The number of aliphatic imine (C=N–C) groups is 2. The average Bonchev–Trinajstić information content (AvgIpc) is 3.67. The standard InChI is InChI=1S/C32H41N6O/c1-2-7-28(8-3-1)25-39-32-10-6-9-30(21-32)37(38-20-16-34-23-31(38)24-35-26-38)29-13-11-27(12-14-29)22-33-15-19-36-17-4-5-18-36/h1-3,6-10,16,20-21,23-24,26-27,29,33H,4-5,11-15,17-19,22,25H2/q+1. The van der Waals surface area contributed by atoms with E-state index in [9.17, 15) is 0 Å². The highest BCUT2D eigenvalue weighted by molar-refractivity contribution is 5.82. The van der Waals surface area contributed by atoms with Crippen LogP contribution in [0.1, 0.15) is 44.1 Å². The van der Waals surface area contributed by atoms with Gasteiger partial charge in [0.1, 0.15) is 12.4 Å². The molecule has 2 fully saturated rings. The molecule has 1 saturated carbocycles. The van der Waals surface area contributed by atoms with E-state index in [0.717, 1.165) is 49.0 Å². The molecule has 4 aliphatic rings. The number of hydrogen-bond acceptors (Lipinski definition) is 6. The van der Waals surface area contributed by atoms with Crippen LogP contribution in [0.4, 0.5) is 5.69 Å². The van der Waals surface area contributed by atoms with Gasteiger partial charge >= 0.3 is 0 Å². The van der Waals surface area contributed by atoms with Crippen LogP contribution in [0, 0.1) is 5.92 Å². The third kappa shape index (κ3) is 6.01. The second-order valence-corrected chi connectivity index (χ2v) is 11.2.